The first-order valence-electron chi connectivity index (χ1n) is 7.76. The lowest BCUT2D eigenvalue weighted by molar-refractivity contribution is 0.788. The van der Waals surface area contributed by atoms with E-state index < -0.39 is 0 Å². The van der Waals surface area contributed by atoms with Crippen molar-refractivity contribution >= 4 is 50.5 Å². The van der Waals surface area contributed by atoms with Gasteiger partial charge in [0.25, 0.3) is 0 Å². The molecular formula is C16H18BrClN6. The highest BCUT2D eigenvalue weighted by atomic mass is 79.9. The molecule has 2 heterocycles. The Morgan fingerprint density at radius 3 is 2.79 bits per heavy atom. The summed E-state index contributed by atoms with van der Waals surface area (Å²) >= 11 is 9.75. The fourth-order valence-corrected chi connectivity index (χ4v) is 3.05. The minimum absolute atomic E-state index is 0.359. The number of imidazole rings is 1. The van der Waals surface area contributed by atoms with E-state index in [1.807, 2.05) is 28.8 Å². The lowest BCUT2D eigenvalue weighted by Gasteiger charge is -2.09. The third-order valence-corrected chi connectivity index (χ3v) is 4.65. The van der Waals surface area contributed by atoms with Crippen LogP contribution in [0, 0.1) is 0 Å². The first-order chi connectivity index (χ1) is 11.6. The second-order valence-electron chi connectivity index (χ2n) is 5.44. The van der Waals surface area contributed by atoms with Crippen LogP contribution in [-0.2, 0) is 6.54 Å². The van der Waals surface area contributed by atoms with E-state index in [-0.39, 0.29) is 0 Å². The van der Waals surface area contributed by atoms with Crippen LogP contribution >= 0.6 is 27.5 Å². The van der Waals surface area contributed by atoms with Crippen molar-refractivity contribution in [3.8, 4) is 0 Å². The van der Waals surface area contributed by atoms with Gasteiger partial charge < -0.3 is 11.1 Å². The number of fused-ring (bicyclic) bond motifs is 1. The van der Waals surface area contributed by atoms with E-state index in [9.17, 15) is 0 Å². The molecule has 0 atom stereocenters. The topological polar surface area (TPSA) is 81.6 Å². The summed E-state index contributed by atoms with van der Waals surface area (Å²) in [5.41, 5.74) is 8.29. The fourth-order valence-electron chi connectivity index (χ4n) is 2.39. The van der Waals surface area contributed by atoms with Gasteiger partial charge >= 0.3 is 0 Å². The summed E-state index contributed by atoms with van der Waals surface area (Å²) < 4.78 is 2.57. The molecule has 3 rings (SSSR count). The smallest absolute Gasteiger partial charge is 0.226 e. The Labute approximate surface area is 153 Å². The van der Waals surface area contributed by atoms with Crippen molar-refractivity contribution < 1.29 is 0 Å². The number of anilines is 2. The number of hydrogen-bond acceptors (Lipinski definition) is 5. The zero-order valence-electron chi connectivity index (χ0n) is 13.3. The van der Waals surface area contributed by atoms with Crippen LogP contribution in [0.15, 0.2) is 29.0 Å². The summed E-state index contributed by atoms with van der Waals surface area (Å²) in [6.07, 6.45) is 2.14. The maximum atomic E-state index is 6.27. The SMILES string of the molecule is CCCCNc1nc(N)c2nc(Br)n(Cc3ccccc3Cl)c2n1. The number of aromatic nitrogens is 4. The van der Waals surface area contributed by atoms with E-state index in [1.165, 1.54) is 0 Å². The molecule has 0 saturated heterocycles. The average Bonchev–Trinajstić information content (AvgIpc) is 2.87. The average molecular weight is 410 g/mol. The van der Waals surface area contributed by atoms with E-state index in [0.29, 0.717) is 39.2 Å². The molecule has 0 aliphatic heterocycles. The molecule has 2 aromatic heterocycles. The molecule has 0 radical (unpaired) electrons. The molecule has 3 N–H and O–H groups in total. The Kier molecular flexibility index (Phi) is 5.20. The summed E-state index contributed by atoms with van der Waals surface area (Å²) in [5.74, 6) is 0.874. The standard InChI is InChI=1S/C16H18BrClN6/c1-2-3-8-20-16-22-13(19)12-14(23-16)24(15(17)21-12)9-10-6-4-5-7-11(10)18/h4-7H,2-3,8-9H2,1H3,(H3,19,20,22,23). The van der Waals surface area contributed by atoms with Crippen molar-refractivity contribution in [3.05, 3.63) is 39.6 Å². The largest absolute Gasteiger partial charge is 0.382 e. The van der Waals surface area contributed by atoms with Crippen LogP contribution in [0.3, 0.4) is 0 Å². The summed E-state index contributed by atoms with van der Waals surface area (Å²) in [7, 11) is 0. The number of nitrogens with two attached hydrogens (primary N) is 1. The predicted molar refractivity (Wildman–Crippen MR) is 101 cm³/mol. The maximum absolute atomic E-state index is 6.27. The van der Waals surface area contributed by atoms with E-state index in [4.69, 9.17) is 17.3 Å². The van der Waals surface area contributed by atoms with E-state index in [2.05, 4.69) is 43.1 Å². The number of nitrogen functional groups attached to an aromatic ring is 1. The normalized spacial score (nSPS) is 11.1. The highest BCUT2D eigenvalue weighted by molar-refractivity contribution is 9.10. The fraction of sp³-hybridized carbons (Fsp3) is 0.312. The molecule has 24 heavy (non-hydrogen) atoms. The second-order valence-corrected chi connectivity index (χ2v) is 6.56. The van der Waals surface area contributed by atoms with Crippen LogP contribution < -0.4 is 11.1 Å². The summed E-state index contributed by atoms with van der Waals surface area (Å²) in [6, 6.07) is 7.70. The van der Waals surface area contributed by atoms with Crippen molar-refractivity contribution in [3.63, 3.8) is 0 Å². The lowest BCUT2D eigenvalue weighted by atomic mass is 10.2. The van der Waals surface area contributed by atoms with Gasteiger partial charge in [-0.1, -0.05) is 43.1 Å². The molecule has 6 nitrogen and oxygen atoms in total. The Hall–Kier alpha value is -1.86. The maximum Gasteiger partial charge on any atom is 0.226 e. The van der Waals surface area contributed by atoms with Gasteiger partial charge in [-0.3, -0.25) is 4.57 Å². The van der Waals surface area contributed by atoms with Crippen LogP contribution in [0.5, 0.6) is 0 Å². The Morgan fingerprint density at radius 2 is 2.04 bits per heavy atom. The third kappa shape index (κ3) is 3.47. The van der Waals surface area contributed by atoms with Gasteiger partial charge in [0.05, 0.1) is 6.54 Å². The molecule has 0 aliphatic rings. The van der Waals surface area contributed by atoms with Crippen molar-refractivity contribution in [2.75, 3.05) is 17.6 Å². The quantitative estimate of drug-likeness (QED) is 0.473. The zero-order chi connectivity index (χ0) is 17.1. The first-order valence-corrected chi connectivity index (χ1v) is 8.93. The van der Waals surface area contributed by atoms with Crippen molar-refractivity contribution in [1.82, 2.24) is 19.5 Å². The van der Waals surface area contributed by atoms with Gasteiger partial charge in [-0.05, 0) is 34.0 Å². The first kappa shape index (κ1) is 17.0. The molecule has 1 aromatic carbocycles. The van der Waals surface area contributed by atoms with Gasteiger partial charge in [0.15, 0.2) is 21.7 Å². The van der Waals surface area contributed by atoms with Crippen LogP contribution in [-0.4, -0.2) is 26.1 Å². The Balaban J connectivity index is 2.00. The number of rotatable bonds is 6. The van der Waals surface area contributed by atoms with Crippen molar-refractivity contribution in [2.24, 2.45) is 0 Å². The molecule has 0 bridgehead atoms. The van der Waals surface area contributed by atoms with E-state index >= 15 is 0 Å². The molecule has 0 spiro atoms. The molecule has 0 fully saturated rings. The van der Waals surface area contributed by atoms with E-state index in [1.54, 1.807) is 0 Å². The molecule has 3 aromatic rings. The van der Waals surface area contributed by atoms with Gasteiger partial charge in [0.1, 0.15) is 0 Å². The van der Waals surface area contributed by atoms with Gasteiger partial charge in [-0.2, -0.15) is 9.97 Å². The minimum Gasteiger partial charge on any atom is -0.382 e. The summed E-state index contributed by atoms with van der Waals surface area (Å²) in [4.78, 5) is 13.3. The number of nitrogens with zero attached hydrogens (tertiary/aromatic N) is 4. The lowest BCUT2D eigenvalue weighted by Crippen LogP contribution is -2.09. The van der Waals surface area contributed by atoms with Crippen molar-refractivity contribution in [2.45, 2.75) is 26.3 Å². The van der Waals surface area contributed by atoms with Crippen LogP contribution in [0.2, 0.25) is 5.02 Å². The molecule has 126 valence electrons. The van der Waals surface area contributed by atoms with Crippen LogP contribution in [0.4, 0.5) is 11.8 Å². The number of unbranched alkanes of at least 4 members (excludes halogenated alkanes) is 1. The second kappa shape index (κ2) is 7.36. The van der Waals surface area contributed by atoms with Gasteiger partial charge in [0, 0.05) is 11.6 Å². The zero-order valence-corrected chi connectivity index (χ0v) is 15.6. The monoisotopic (exact) mass is 408 g/mol. The molecule has 0 unspecified atom stereocenters. The highest BCUT2D eigenvalue weighted by Crippen LogP contribution is 2.26. The summed E-state index contributed by atoms with van der Waals surface area (Å²) in [5, 5.41) is 3.91. The molecule has 0 saturated carbocycles. The van der Waals surface area contributed by atoms with Gasteiger partial charge in [-0.25, -0.2) is 4.98 Å². The number of hydrogen-bond donors (Lipinski definition) is 2. The Bertz CT molecular complexity index is 863. The minimum atomic E-state index is 0.359. The van der Waals surface area contributed by atoms with Crippen LogP contribution in [0.25, 0.3) is 11.2 Å². The van der Waals surface area contributed by atoms with Gasteiger partial charge in [0.2, 0.25) is 5.95 Å². The number of nitrogens with one attached hydrogen (secondary N) is 1. The molecule has 0 aliphatic carbocycles. The van der Waals surface area contributed by atoms with E-state index in [0.717, 1.165) is 24.9 Å². The molecule has 8 heteroatoms. The third-order valence-electron chi connectivity index (χ3n) is 3.67. The van der Waals surface area contributed by atoms with Gasteiger partial charge in [-0.15, -0.1) is 0 Å². The number of halogens is 2. The molecule has 0 amide bonds. The highest BCUT2D eigenvalue weighted by Gasteiger charge is 2.16. The molecular weight excluding hydrogens is 392 g/mol. The Morgan fingerprint density at radius 1 is 1.25 bits per heavy atom. The predicted octanol–water partition coefficient (Wildman–Crippen LogP) is 4.08. The van der Waals surface area contributed by atoms with Crippen LogP contribution in [0.1, 0.15) is 25.3 Å². The number of benzene rings is 1. The summed E-state index contributed by atoms with van der Waals surface area (Å²) in [6.45, 7) is 3.48. The van der Waals surface area contributed by atoms with Crippen molar-refractivity contribution in [1.29, 1.82) is 0 Å².